The van der Waals surface area contributed by atoms with Crippen molar-refractivity contribution in [1.82, 2.24) is 10.2 Å². The van der Waals surface area contributed by atoms with Crippen molar-refractivity contribution in [2.45, 2.75) is 37.9 Å². The fourth-order valence-corrected chi connectivity index (χ4v) is 2.27. The highest BCUT2D eigenvalue weighted by Crippen LogP contribution is 2.25. The second-order valence-electron chi connectivity index (χ2n) is 3.89. The van der Waals surface area contributed by atoms with E-state index < -0.39 is 6.17 Å². The zero-order chi connectivity index (χ0) is 8.39. The van der Waals surface area contributed by atoms with Gasteiger partial charge in [0.05, 0.1) is 0 Å². The number of nitrogens with zero attached hydrogens (tertiary/aromatic N) is 1. The number of halogens is 1. The predicted octanol–water partition coefficient (Wildman–Crippen LogP) is 1.13. The summed E-state index contributed by atoms with van der Waals surface area (Å²) in [7, 11) is 0. The van der Waals surface area contributed by atoms with Crippen molar-refractivity contribution in [2.24, 2.45) is 0 Å². The molecule has 70 valence electrons. The molecule has 12 heavy (non-hydrogen) atoms. The van der Waals surface area contributed by atoms with Crippen LogP contribution >= 0.6 is 0 Å². The van der Waals surface area contributed by atoms with Crippen LogP contribution in [0.5, 0.6) is 0 Å². The van der Waals surface area contributed by atoms with Gasteiger partial charge in [-0.3, -0.25) is 4.90 Å². The zero-order valence-electron chi connectivity index (χ0n) is 7.43. The van der Waals surface area contributed by atoms with Crippen molar-refractivity contribution in [3.05, 3.63) is 0 Å². The lowest BCUT2D eigenvalue weighted by atomic mass is 9.93. The summed E-state index contributed by atoms with van der Waals surface area (Å²) in [6.07, 6.45) is 3.29. The van der Waals surface area contributed by atoms with Crippen LogP contribution in [0.1, 0.15) is 25.7 Å². The normalized spacial score (nSPS) is 38.8. The maximum Gasteiger partial charge on any atom is 0.102 e. The Kier molecular flexibility index (Phi) is 2.61. The van der Waals surface area contributed by atoms with E-state index in [9.17, 15) is 4.39 Å². The summed E-state index contributed by atoms with van der Waals surface area (Å²) in [4.78, 5) is 2.38. The molecule has 2 unspecified atom stereocenters. The Morgan fingerprint density at radius 3 is 2.92 bits per heavy atom. The summed E-state index contributed by atoms with van der Waals surface area (Å²) in [5, 5.41) is 3.29. The van der Waals surface area contributed by atoms with Gasteiger partial charge < -0.3 is 5.32 Å². The number of nitrogens with one attached hydrogen (secondary N) is 1. The molecular formula is C9H17FN2. The van der Waals surface area contributed by atoms with Crippen LogP contribution in [0.4, 0.5) is 4.39 Å². The van der Waals surface area contributed by atoms with Crippen LogP contribution in [0.25, 0.3) is 0 Å². The van der Waals surface area contributed by atoms with Gasteiger partial charge in [-0.2, -0.15) is 0 Å². The molecule has 0 aromatic rings. The highest BCUT2D eigenvalue weighted by atomic mass is 19.1. The molecule has 1 saturated heterocycles. The Morgan fingerprint density at radius 2 is 2.25 bits per heavy atom. The van der Waals surface area contributed by atoms with Crippen LogP contribution in [-0.4, -0.2) is 36.9 Å². The summed E-state index contributed by atoms with van der Waals surface area (Å²) in [6.45, 7) is 3.15. The maximum atomic E-state index is 13.0. The van der Waals surface area contributed by atoms with E-state index in [0.29, 0.717) is 6.04 Å². The summed E-state index contributed by atoms with van der Waals surface area (Å²) in [6, 6.07) is 0.517. The lowest BCUT2D eigenvalue weighted by Gasteiger charge is -2.31. The number of rotatable bonds is 1. The first-order valence-corrected chi connectivity index (χ1v) is 4.95. The number of alkyl halides is 1. The molecule has 1 aliphatic carbocycles. The van der Waals surface area contributed by atoms with E-state index in [4.69, 9.17) is 0 Å². The average Bonchev–Trinajstić information content (AvgIpc) is 2.56. The van der Waals surface area contributed by atoms with E-state index in [-0.39, 0.29) is 0 Å². The van der Waals surface area contributed by atoms with Gasteiger partial charge in [0.1, 0.15) is 6.17 Å². The predicted molar refractivity (Wildman–Crippen MR) is 46.7 cm³/mol. The summed E-state index contributed by atoms with van der Waals surface area (Å²) < 4.78 is 13.0. The molecule has 2 fully saturated rings. The van der Waals surface area contributed by atoms with E-state index in [1.165, 1.54) is 6.42 Å². The topological polar surface area (TPSA) is 15.3 Å². The Balaban J connectivity index is 1.85. The smallest absolute Gasteiger partial charge is 0.102 e. The van der Waals surface area contributed by atoms with E-state index >= 15 is 0 Å². The van der Waals surface area contributed by atoms with Gasteiger partial charge in [-0.05, 0) is 25.7 Å². The number of hydrogen-bond acceptors (Lipinski definition) is 2. The SMILES string of the molecule is FC1CCCC(N2CCNC2)C1. The third-order valence-corrected chi connectivity index (χ3v) is 2.99. The summed E-state index contributed by atoms with van der Waals surface area (Å²) in [5.74, 6) is 0. The molecule has 1 aliphatic heterocycles. The van der Waals surface area contributed by atoms with Crippen molar-refractivity contribution in [3.63, 3.8) is 0 Å². The van der Waals surface area contributed by atoms with E-state index in [2.05, 4.69) is 10.2 Å². The standard InChI is InChI=1S/C9H17FN2/c10-8-2-1-3-9(6-8)12-5-4-11-7-12/h8-9,11H,1-7H2. The molecule has 2 nitrogen and oxygen atoms in total. The fraction of sp³-hybridized carbons (Fsp3) is 1.00. The van der Waals surface area contributed by atoms with Crippen LogP contribution in [0, 0.1) is 0 Å². The third kappa shape index (κ3) is 1.77. The first-order chi connectivity index (χ1) is 5.86. The lowest BCUT2D eigenvalue weighted by molar-refractivity contribution is 0.130. The molecule has 2 aliphatic rings. The molecule has 1 saturated carbocycles. The van der Waals surface area contributed by atoms with Gasteiger partial charge in [-0.1, -0.05) is 0 Å². The molecule has 1 N–H and O–H groups in total. The second-order valence-corrected chi connectivity index (χ2v) is 3.89. The lowest BCUT2D eigenvalue weighted by Crippen LogP contribution is -2.38. The minimum atomic E-state index is -0.538. The summed E-state index contributed by atoms with van der Waals surface area (Å²) >= 11 is 0. The third-order valence-electron chi connectivity index (χ3n) is 2.99. The molecule has 0 bridgehead atoms. The van der Waals surface area contributed by atoms with Crippen LogP contribution in [-0.2, 0) is 0 Å². The Morgan fingerprint density at radius 1 is 1.33 bits per heavy atom. The van der Waals surface area contributed by atoms with E-state index in [1.807, 2.05) is 0 Å². The molecule has 2 rings (SSSR count). The van der Waals surface area contributed by atoms with E-state index in [1.54, 1.807) is 0 Å². The highest BCUT2D eigenvalue weighted by Gasteiger charge is 2.27. The number of hydrogen-bond donors (Lipinski definition) is 1. The molecule has 3 heteroatoms. The average molecular weight is 172 g/mol. The maximum absolute atomic E-state index is 13.0. The van der Waals surface area contributed by atoms with Gasteiger partial charge in [0.25, 0.3) is 0 Å². The van der Waals surface area contributed by atoms with Crippen LogP contribution in [0.15, 0.2) is 0 Å². The van der Waals surface area contributed by atoms with Gasteiger partial charge >= 0.3 is 0 Å². The monoisotopic (exact) mass is 172 g/mol. The van der Waals surface area contributed by atoms with Crippen molar-refractivity contribution in [1.29, 1.82) is 0 Å². The second kappa shape index (κ2) is 3.71. The Hall–Kier alpha value is -0.150. The molecule has 0 amide bonds. The van der Waals surface area contributed by atoms with Gasteiger partial charge in [0.15, 0.2) is 0 Å². The van der Waals surface area contributed by atoms with Crippen LogP contribution in [0.2, 0.25) is 0 Å². The molecule has 0 aromatic heterocycles. The van der Waals surface area contributed by atoms with E-state index in [0.717, 1.165) is 39.0 Å². The zero-order valence-corrected chi connectivity index (χ0v) is 7.43. The Bertz CT molecular complexity index is 145. The fourth-order valence-electron chi connectivity index (χ4n) is 2.27. The first kappa shape index (κ1) is 8.45. The van der Waals surface area contributed by atoms with Crippen molar-refractivity contribution < 1.29 is 4.39 Å². The Labute approximate surface area is 73.1 Å². The van der Waals surface area contributed by atoms with Gasteiger partial charge in [0, 0.05) is 25.8 Å². The summed E-state index contributed by atoms with van der Waals surface area (Å²) in [5.41, 5.74) is 0. The van der Waals surface area contributed by atoms with Crippen molar-refractivity contribution in [3.8, 4) is 0 Å². The molecule has 1 heterocycles. The van der Waals surface area contributed by atoms with Gasteiger partial charge in [-0.15, -0.1) is 0 Å². The molecule has 0 aromatic carbocycles. The first-order valence-electron chi connectivity index (χ1n) is 4.95. The van der Waals surface area contributed by atoms with Crippen LogP contribution in [0.3, 0.4) is 0 Å². The van der Waals surface area contributed by atoms with Gasteiger partial charge in [-0.25, -0.2) is 4.39 Å². The molecule has 0 radical (unpaired) electrons. The van der Waals surface area contributed by atoms with Crippen LogP contribution < -0.4 is 5.32 Å². The largest absolute Gasteiger partial charge is 0.303 e. The minimum Gasteiger partial charge on any atom is -0.303 e. The molecule has 2 atom stereocenters. The van der Waals surface area contributed by atoms with Gasteiger partial charge in [0.2, 0.25) is 0 Å². The molecule has 0 spiro atoms. The quantitative estimate of drug-likeness (QED) is 0.638. The van der Waals surface area contributed by atoms with Crippen molar-refractivity contribution >= 4 is 0 Å². The minimum absolute atomic E-state index is 0.517. The van der Waals surface area contributed by atoms with Crippen molar-refractivity contribution in [2.75, 3.05) is 19.8 Å². The molecular weight excluding hydrogens is 155 g/mol. The highest BCUT2D eigenvalue weighted by molar-refractivity contribution is 4.82.